The van der Waals surface area contributed by atoms with Crippen LogP contribution in [0.15, 0.2) is 36.5 Å². The number of aryl methyl sites for hydroxylation is 3. The number of pyridine rings is 1. The quantitative estimate of drug-likeness (QED) is 0.851. The smallest absolute Gasteiger partial charge is 0.246 e. The summed E-state index contributed by atoms with van der Waals surface area (Å²) in [5.74, 6) is 0.589. The van der Waals surface area contributed by atoms with Crippen LogP contribution in [0, 0.1) is 0 Å². The van der Waals surface area contributed by atoms with Gasteiger partial charge in [-0.3, -0.25) is 9.59 Å². The molecule has 0 atom stereocenters. The molecule has 0 radical (unpaired) electrons. The van der Waals surface area contributed by atoms with Gasteiger partial charge in [-0.1, -0.05) is 18.2 Å². The van der Waals surface area contributed by atoms with Crippen LogP contribution in [0.3, 0.4) is 0 Å². The minimum atomic E-state index is -0.0403. The molecule has 1 aliphatic heterocycles. The molecular weight excluding hydrogens is 338 g/mol. The Labute approximate surface area is 159 Å². The van der Waals surface area contributed by atoms with Crippen molar-refractivity contribution in [2.24, 2.45) is 0 Å². The van der Waals surface area contributed by atoms with E-state index in [9.17, 15) is 9.59 Å². The predicted molar refractivity (Wildman–Crippen MR) is 105 cm³/mol. The van der Waals surface area contributed by atoms with Gasteiger partial charge in [0.2, 0.25) is 11.8 Å². The molecule has 2 aliphatic rings. The van der Waals surface area contributed by atoms with Gasteiger partial charge in [0.05, 0.1) is 0 Å². The summed E-state index contributed by atoms with van der Waals surface area (Å²) in [6.07, 6.45) is 9.75. The lowest BCUT2D eigenvalue weighted by atomic mass is 10.0. The van der Waals surface area contributed by atoms with Crippen molar-refractivity contribution in [3.05, 3.63) is 64.4 Å². The third-order valence-corrected chi connectivity index (χ3v) is 5.24. The Morgan fingerprint density at radius 2 is 2.00 bits per heavy atom. The Morgan fingerprint density at radius 1 is 1.15 bits per heavy atom. The highest BCUT2D eigenvalue weighted by Gasteiger charge is 2.16. The zero-order valence-electron chi connectivity index (χ0n) is 15.5. The number of carbonyl (C=O) groups is 2. The van der Waals surface area contributed by atoms with Gasteiger partial charge < -0.3 is 10.2 Å². The first kappa shape index (κ1) is 17.5. The van der Waals surface area contributed by atoms with E-state index in [0.717, 1.165) is 17.5 Å². The third kappa shape index (κ3) is 3.92. The standard InChI is InChI=1S/C22H23N3O2/c1-25(14-16-5-7-17-3-2-4-18(17)12-16)21(27)10-6-15-11-19-8-9-20(26)24-22(19)23-13-15/h5-7,10-13H,2-4,8-9,14H2,1H3,(H,23,24,26). The Morgan fingerprint density at radius 3 is 2.89 bits per heavy atom. The highest BCUT2D eigenvalue weighted by atomic mass is 16.2. The third-order valence-electron chi connectivity index (χ3n) is 5.24. The summed E-state index contributed by atoms with van der Waals surface area (Å²) in [5.41, 5.74) is 5.92. The lowest BCUT2D eigenvalue weighted by molar-refractivity contribution is -0.125. The van der Waals surface area contributed by atoms with Crippen LogP contribution >= 0.6 is 0 Å². The maximum atomic E-state index is 12.4. The number of rotatable bonds is 4. The van der Waals surface area contributed by atoms with Crippen molar-refractivity contribution < 1.29 is 9.59 Å². The molecule has 0 spiro atoms. The zero-order valence-corrected chi connectivity index (χ0v) is 15.5. The number of nitrogens with zero attached hydrogens (tertiary/aromatic N) is 2. The van der Waals surface area contributed by atoms with Crippen molar-refractivity contribution in [2.45, 2.75) is 38.6 Å². The Kier molecular flexibility index (Phi) is 4.75. The van der Waals surface area contributed by atoms with Crippen LogP contribution in [-0.2, 0) is 35.4 Å². The predicted octanol–water partition coefficient (Wildman–Crippen LogP) is 3.13. The number of benzene rings is 1. The number of hydrogen-bond donors (Lipinski definition) is 1. The molecule has 4 rings (SSSR count). The van der Waals surface area contributed by atoms with Gasteiger partial charge in [-0.05, 0) is 65.6 Å². The van der Waals surface area contributed by atoms with E-state index in [4.69, 9.17) is 0 Å². The molecule has 138 valence electrons. The van der Waals surface area contributed by atoms with E-state index in [1.165, 1.54) is 29.5 Å². The Balaban J connectivity index is 1.40. The first-order chi connectivity index (χ1) is 13.1. The molecule has 2 amide bonds. The van der Waals surface area contributed by atoms with Gasteiger partial charge in [0.1, 0.15) is 5.82 Å². The number of nitrogens with one attached hydrogen (secondary N) is 1. The van der Waals surface area contributed by atoms with Crippen molar-refractivity contribution in [1.29, 1.82) is 0 Å². The molecule has 1 aliphatic carbocycles. The van der Waals surface area contributed by atoms with Crippen LogP contribution in [0.1, 0.15) is 40.7 Å². The molecule has 0 unspecified atom stereocenters. The van der Waals surface area contributed by atoms with Crippen LogP contribution in [0.5, 0.6) is 0 Å². The summed E-state index contributed by atoms with van der Waals surface area (Å²) in [5, 5.41) is 2.77. The average Bonchev–Trinajstić information content (AvgIpc) is 3.13. The molecule has 0 saturated heterocycles. The Hall–Kier alpha value is -2.95. The second kappa shape index (κ2) is 7.35. The normalized spacial score (nSPS) is 15.4. The van der Waals surface area contributed by atoms with E-state index >= 15 is 0 Å². The van der Waals surface area contributed by atoms with Gasteiger partial charge in [-0.15, -0.1) is 0 Å². The molecule has 0 saturated carbocycles. The highest BCUT2D eigenvalue weighted by molar-refractivity contribution is 5.93. The van der Waals surface area contributed by atoms with Crippen LogP contribution in [0.25, 0.3) is 6.08 Å². The number of aromatic nitrogens is 1. The average molecular weight is 361 g/mol. The molecule has 1 aromatic heterocycles. The molecule has 27 heavy (non-hydrogen) atoms. The second-order valence-corrected chi connectivity index (χ2v) is 7.31. The van der Waals surface area contributed by atoms with Crippen molar-refractivity contribution in [3.8, 4) is 0 Å². The van der Waals surface area contributed by atoms with Crippen LogP contribution < -0.4 is 5.32 Å². The van der Waals surface area contributed by atoms with Crippen molar-refractivity contribution in [2.75, 3.05) is 12.4 Å². The molecule has 5 nitrogen and oxygen atoms in total. The van der Waals surface area contributed by atoms with E-state index < -0.39 is 0 Å². The van der Waals surface area contributed by atoms with Gasteiger partial charge in [-0.2, -0.15) is 0 Å². The van der Waals surface area contributed by atoms with E-state index in [2.05, 4.69) is 28.5 Å². The number of anilines is 1. The van der Waals surface area contributed by atoms with Crippen molar-refractivity contribution in [1.82, 2.24) is 9.88 Å². The van der Waals surface area contributed by atoms with E-state index in [0.29, 0.717) is 25.2 Å². The topological polar surface area (TPSA) is 62.3 Å². The van der Waals surface area contributed by atoms with E-state index in [-0.39, 0.29) is 11.8 Å². The van der Waals surface area contributed by atoms with Crippen LogP contribution in [0.4, 0.5) is 5.82 Å². The van der Waals surface area contributed by atoms with Gasteiger partial charge in [0, 0.05) is 32.3 Å². The van der Waals surface area contributed by atoms with Gasteiger partial charge in [0.15, 0.2) is 0 Å². The summed E-state index contributed by atoms with van der Waals surface area (Å²) in [7, 11) is 1.82. The maximum Gasteiger partial charge on any atom is 0.246 e. The summed E-state index contributed by atoms with van der Waals surface area (Å²) < 4.78 is 0. The fourth-order valence-corrected chi connectivity index (χ4v) is 3.74. The highest BCUT2D eigenvalue weighted by Crippen LogP contribution is 2.24. The molecule has 5 heteroatoms. The van der Waals surface area contributed by atoms with Gasteiger partial charge in [0.25, 0.3) is 0 Å². The molecule has 0 fully saturated rings. The second-order valence-electron chi connectivity index (χ2n) is 7.31. The van der Waals surface area contributed by atoms with Gasteiger partial charge >= 0.3 is 0 Å². The monoisotopic (exact) mass is 361 g/mol. The van der Waals surface area contributed by atoms with Crippen LogP contribution in [-0.4, -0.2) is 28.7 Å². The van der Waals surface area contributed by atoms with Crippen LogP contribution in [0.2, 0.25) is 0 Å². The molecule has 0 bridgehead atoms. The van der Waals surface area contributed by atoms with Gasteiger partial charge in [-0.25, -0.2) is 4.98 Å². The number of fused-ring (bicyclic) bond motifs is 2. The molecule has 2 aromatic rings. The fraction of sp³-hybridized carbons (Fsp3) is 0.318. The maximum absolute atomic E-state index is 12.4. The fourth-order valence-electron chi connectivity index (χ4n) is 3.74. The number of amides is 2. The lowest BCUT2D eigenvalue weighted by Crippen LogP contribution is -2.24. The van der Waals surface area contributed by atoms with E-state index in [1.807, 2.05) is 13.1 Å². The molecule has 1 N–H and O–H groups in total. The van der Waals surface area contributed by atoms with Crippen molar-refractivity contribution in [3.63, 3.8) is 0 Å². The summed E-state index contributed by atoms with van der Waals surface area (Å²) in [6, 6.07) is 8.53. The first-order valence-corrected chi connectivity index (χ1v) is 9.41. The molecule has 2 heterocycles. The number of likely N-dealkylation sites (N-methyl/N-ethyl adjacent to an activating group) is 1. The zero-order chi connectivity index (χ0) is 18.8. The van der Waals surface area contributed by atoms with E-state index in [1.54, 1.807) is 23.2 Å². The SMILES string of the molecule is CN(Cc1ccc2c(c1)CCC2)C(=O)C=Cc1cnc2c(c1)CCC(=O)N2. The summed E-state index contributed by atoms with van der Waals surface area (Å²) >= 11 is 0. The minimum absolute atomic E-state index is 0.00153. The Bertz CT molecular complexity index is 933. The molecular formula is C22H23N3O2. The minimum Gasteiger partial charge on any atom is -0.338 e. The summed E-state index contributed by atoms with van der Waals surface area (Å²) in [6.45, 7) is 0.602. The molecule has 1 aromatic carbocycles. The number of carbonyl (C=O) groups excluding carboxylic acids is 2. The largest absolute Gasteiger partial charge is 0.338 e. The van der Waals surface area contributed by atoms with Crippen molar-refractivity contribution >= 4 is 23.7 Å². The number of hydrogen-bond acceptors (Lipinski definition) is 3. The lowest BCUT2D eigenvalue weighted by Gasteiger charge is -2.16. The first-order valence-electron chi connectivity index (χ1n) is 9.41. The summed E-state index contributed by atoms with van der Waals surface area (Å²) in [4.78, 5) is 29.9.